The minimum absolute atomic E-state index is 0.209. The summed E-state index contributed by atoms with van der Waals surface area (Å²) in [5.41, 5.74) is 1.49. The Hall–Kier alpha value is -2.87. The molecule has 7 nitrogen and oxygen atoms in total. The van der Waals surface area contributed by atoms with Crippen LogP contribution in [0.3, 0.4) is 0 Å². The van der Waals surface area contributed by atoms with Crippen LogP contribution < -0.4 is 11.1 Å². The number of hydrogen-bond acceptors (Lipinski definition) is 5. The number of nitrogens with one attached hydrogen (secondary N) is 1. The zero-order valence-corrected chi connectivity index (χ0v) is 15.6. The molecule has 1 N–H and O–H groups in total. The number of methoxy groups -OCH3 is 1. The molecule has 26 heavy (non-hydrogen) atoms. The normalized spacial score (nSPS) is 12.0. The predicted molar refractivity (Wildman–Crippen MR) is 99.3 cm³/mol. The van der Waals surface area contributed by atoms with Crippen LogP contribution in [0, 0.1) is 0 Å². The Bertz CT molecular complexity index is 1040. The van der Waals surface area contributed by atoms with E-state index in [2.05, 4.69) is 26.0 Å². The summed E-state index contributed by atoms with van der Waals surface area (Å²) in [4.78, 5) is 36.3. The smallest absolute Gasteiger partial charge is 0.420 e. The lowest BCUT2D eigenvalue weighted by Crippen LogP contribution is -2.29. The Balaban J connectivity index is 1.92. The zero-order valence-electron chi connectivity index (χ0n) is 14.0. The molecule has 0 saturated heterocycles. The maximum absolute atomic E-state index is 12.5. The molecular formula is C18H15BrN2O5. The van der Waals surface area contributed by atoms with Crippen molar-refractivity contribution in [3.63, 3.8) is 0 Å². The van der Waals surface area contributed by atoms with Gasteiger partial charge in [0.25, 0.3) is 0 Å². The molecule has 8 heteroatoms. The number of carbonyl (C=O) groups is 2. The molecule has 0 aliphatic heterocycles. The number of ether oxygens (including phenoxy) is 1. The number of aromatic nitrogens is 1. The SMILES string of the molecule is COC(=O)c1ccc2c(c1)oc(=O)n2C(C)C(=O)Nc1ccc(Br)cc1. The van der Waals surface area contributed by atoms with Crippen LogP contribution in [0.2, 0.25) is 0 Å². The molecule has 2 aromatic carbocycles. The molecule has 134 valence electrons. The largest absolute Gasteiger partial charge is 0.465 e. The molecule has 1 amide bonds. The highest BCUT2D eigenvalue weighted by atomic mass is 79.9. The highest BCUT2D eigenvalue weighted by Crippen LogP contribution is 2.21. The van der Waals surface area contributed by atoms with Crippen LogP contribution in [0.15, 0.2) is 56.1 Å². The Morgan fingerprint density at radius 1 is 1.19 bits per heavy atom. The van der Waals surface area contributed by atoms with Crippen molar-refractivity contribution in [2.24, 2.45) is 0 Å². The van der Waals surface area contributed by atoms with Crippen LogP contribution >= 0.6 is 15.9 Å². The molecule has 0 aliphatic carbocycles. The van der Waals surface area contributed by atoms with Crippen molar-refractivity contribution in [2.45, 2.75) is 13.0 Å². The second kappa shape index (κ2) is 7.17. The summed E-state index contributed by atoms with van der Waals surface area (Å²) in [6, 6.07) is 10.8. The van der Waals surface area contributed by atoms with Gasteiger partial charge < -0.3 is 14.5 Å². The molecule has 1 atom stereocenters. The van der Waals surface area contributed by atoms with Crippen LogP contribution in [0.4, 0.5) is 5.69 Å². The quantitative estimate of drug-likeness (QED) is 0.656. The van der Waals surface area contributed by atoms with Gasteiger partial charge in [0.1, 0.15) is 6.04 Å². The number of carbonyl (C=O) groups excluding carboxylic acids is 2. The third kappa shape index (κ3) is 3.41. The van der Waals surface area contributed by atoms with Crippen molar-refractivity contribution in [1.29, 1.82) is 0 Å². The van der Waals surface area contributed by atoms with Crippen LogP contribution in [0.25, 0.3) is 11.1 Å². The highest BCUT2D eigenvalue weighted by Gasteiger charge is 2.22. The van der Waals surface area contributed by atoms with Crippen LogP contribution in [-0.2, 0) is 9.53 Å². The molecule has 1 aromatic heterocycles. The Morgan fingerprint density at radius 2 is 1.88 bits per heavy atom. The van der Waals surface area contributed by atoms with E-state index in [1.165, 1.54) is 23.8 Å². The highest BCUT2D eigenvalue weighted by molar-refractivity contribution is 9.10. The van der Waals surface area contributed by atoms with Gasteiger partial charge in [-0.05, 0) is 49.4 Å². The molecule has 1 heterocycles. The van der Waals surface area contributed by atoms with E-state index >= 15 is 0 Å². The van der Waals surface area contributed by atoms with Crippen molar-refractivity contribution in [3.8, 4) is 0 Å². The van der Waals surface area contributed by atoms with E-state index in [1.807, 2.05) is 0 Å². The summed E-state index contributed by atoms with van der Waals surface area (Å²) in [6.07, 6.45) is 0. The van der Waals surface area contributed by atoms with Crippen molar-refractivity contribution < 1.29 is 18.7 Å². The molecule has 0 bridgehead atoms. The van der Waals surface area contributed by atoms with Crippen molar-refractivity contribution in [3.05, 3.63) is 63.1 Å². The number of rotatable bonds is 4. The first-order valence-electron chi connectivity index (χ1n) is 7.70. The third-order valence-corrected chi connectivity index (χ3v) is 4.44. The monoisotopic (exact) mass is 418 g/mol. The van der Waals surface area contributed by atoms with Gasteiger partial charge in [-0.15, -0.1) is 0 Å². The average molecular weight is 419 g/mol. The van der Waals surface area contributed by atoms with Crippen LogP contribution in [0.1, 0.15) is 23.3 Å². The van der Waals surface area contributed by atoms with Crippen molar-refractivity contribution in [1.82, 2.24) is 4.57 Å². The number of oxazole rings is 1. The zero-order chi connectivity index (χ0) is 18.8. The third-order valence-electron chi connectivity index (χ3n) is 3.91. The van der Waals surface area contributed by atoms with Gasteiger partial charge in [0.15, 0.2) is 5.58 Å². The van der Waals surface area contributed by atoms with E-state index in [4.69, 9.17) is 4.42 Å². The van der Waals surface area contributed by atoms with Crippen molar-refractivity contribution in [2.75, 3.05) is 12.4 Å². The lowest BCUT2D eigenvalue weighted by atomic mass is 10.2. The van der Waals surface area contributed by atoms with Gasteiger partial charge >= 0.3 is 11.7 Å². The summed E-state index contributed by atoms with van der Waals surface area (Å²) in [6.45, 7) is 1.60. The van der Waals surface area contributed by atoms with Crippen LogP contribution in [0.5, 0.6) is 0 Å². The number of halogens is 1. The van der Waals surface area contributed by atoms with Crippen LogP contribution in [-0.4, -0.2) is 23.6 Å². The molecule has 0 radical (unpaired) electrons. The number of nitrogens with zero attached hydrogens (tertiary/aromatic N) is 1. The number of amides is 1. The summed E-state index contributed by atoms with van der Waals surface area (Å²) < 4.78 is 12.0. The van der Waals surface area contributed by atoms with Gasteiger partial charge in [0.05, 0.1) is 18.2 Å². The predicted octanol–water partition coefficient (Wildman–Crippen LogP) is 3.34. The molecule has 0 spiro atoms. The summed E-state index contributed by atoms with van der Waals surface area (Å²) in [5.74, 6) is -1.59. The lowest BCUT2D eigenvalue weighted by Gasteiger charge is -2.13. The number of fused-ring (bicyclic) bond motifs is 1. The Kier molecular flexibility index (Phi) is 4.94. The minimum Gasteiger partial charge on any atom is -0.465 e. The standard InChI is InChI=1S/C18H15BrN2O5/c1-10(16(22)20-13-6-4-12(19)5-7-13)21-14-8-3-11(17(23)25-2)9-15(14)26-18(21)24/h3-10H,1-2H3,(H,20,22). The Morgan fingerprint density at radius 3 is 2.54 bits per heavy atom. The molecule has 0 saturated carbocycles. The number of benzene rings is 2. The lowest BCUT2D eigenvalue weighted by molar-refractivity contribution is -0.118. The fourth-order valence-corrected chi connectivity index (χ4v) is 2.81. The molecule has 3 aromatic rings. The number of esters is 1. The van der Waals surface area contributed by atoms with Gasteiger partial charge in [0.2, 0.25) is 5.91 Å². The summed E-state index contributed by atoms with van der Waals surface area (Å²) >= 11 is 3.33. The first-order chi connectivity index (χ1) is 12.4. The summed E-state index contributed by atoms with van der Waals surface area (Å²) in [5, 5.41) is 2.75. The van der Waals surface area contributed by atoms with E-state index in [-0.39, 0.29) is 17.1 Å². The molecule has 1 unspecified atom stereocenters. The fourth-order valence-electron chi connectivity index (χ4n) is 2.55. The van der Waals surface area contributed by atoms with Gasteiger partial charge in [-0.3, -0.25) is 9.36 Å². The van der Waals surface area contributed by atoms with E-state index in [9.17, 15) is 14.4 Å². The van der Waals surface area contributed by atoms with E-state index < -0.39 is 17.8 Å². The van der Waals surface area contributed by atoms with Gasteiger partial charge in [-0.25, -0.2) is 9.59 Å². The summed E-state index contributed by atoms with van der Waals surface area (Å²) in [7, 11) is 1.27. The first kappa shape index (κ1) is 17.9. The van der Waals surface area contributed by atoms with E-state index in [0.717, 1.165) is 4.47 Å². The van der Waals surface area contributed by atoms with Crippen molar-refractivity contribution >= 4 is 44.6 Å². The molecule has 0 aliphatic rings. The molecular weight excluding hydrogens is 404 g/mol. The fraction of sp³-hybridized carbons (Fsp3) is 0.167. The van der Waals surface area contributed by atoms with Gasteiger partial charge in [0, 0.05) is 10.2 Å². The molecule has 0 fully saturated rings. The second-order valence-corrected chi connectivity index (χ2v) is 6.50. The topological polar surface area (TPSA) is 90.5 Å². The maximum atomic E-state index is 12.5. The number of anilines is 1. The second-order valence-electron chi connectivity index (χ2n) is 5.58. The number of hydrogen-bond donors (Lipinski definition) is 1. The van der Waals surface area contributed by atoms with E-state index in [1.54, 1.807) is 37.3 Å². The van der Waals surface area contributed by atoms with E-state index in [0.29, 0.717) is 11.2 Å². The average Bonchev–Trinajstić information content (AvgIpc) is 2.97. The Labute approximate surface area is 156 Å². The first-order valence-corrected chi connectivity index (χ1v) is 8.50. The molecule has 3 rings (SSSR count). The van der Waals surface area contributed by atoms with Gasteiger partial charge in [-0.1, -0.05) is 15.9 Å². The van der Waals surface area contributed by atoms with Gasteiger partial charge in [-0.2, -0.15) is 0 Å². The maximum Gasteiger partial charge on any atom is 0.420 e. The minimum atomic E-state index is -0.809.